The van der Waals surface area contributed by atoms with Crippen molar-refractivity contribution in [2.45, 2.75) is 43.1 Å². The molecule has 0 saturated carbocycles. The summed E-state index contributed by atoms with van der Waals surface area (Å²) in [7, 11) is -2.01. The van der Waals surface area contributed by atoms with Gasteiger partial charge in [0.05, 0.1) is 18.6 Å². The number of hydrogen-bond donors (Lipinski definition) is 0. The van der Waals surface area contributed by atoms with Crippen LogP contribution in [0.25, 0.3) is 0 Å². The molecule has 172 valence electrons. The van der Waals surface area contributed by atoms with Crippen LogP contribution in [0.3, 0.4) is 0 Å². The first-order chi connectivity index (χ1) is 15.5. The summed E-state index contributed by atoms with van der Waals surface area (Å²) in [4.78, 5) is 23.2. The van der Waals surface area contributed by atoms with Gasteiger partial charge in [0.1, 0.15) is 6.10 Å². The number of carbonyl (C=O) groups is 1. The van der Waals surface area contributed by atoms with E-state index in [-0.39, 0.29) is 16.9 Å². The van der Waals surface area contributed by atoms with Gasteiger partial charge in [-0.05, 0) is 49.9 Å². The number of nitrogens with zero attached hydrogens (tertiary/aromatic N) is 4. The fourth-order valence-electron chi connectivity index (χ4n) is 4.12. The van der Waals surface area contributed by atoms with Crippen molar-refractivity contribution >= 4 is 15.9 Å². The van der Waals surface area contributed by atoms with Gasteiger partial charge < -0.3 is 14.4 Å². The van der Waals surface area contributed by atoms with Crippen molar-refractivity contribution in [3.63, 3.8) is 0 Å². The molecule has 2 aromatic rings. The molecule has 0 N–H and O–H groups in total. The highest BCUT2D eigenvalue weighted by Gasteiger charge is 2.29. The third-order valence-electron chi connectivity index (χ3n) is 5.82. The first-order valence-corrected chi connectivity index (χ1v) is 12.3. The molecule has 0 spiro atoms. The molecule has 1 atom stereocenters. The maximum absolute atomic E-state index is 13.0. The number of ether oxygens (including phenoxy) is 2. The molecule has 2 aliphatic heterocycles. The van der Waals surface area contributed by atoms with Gasteiger partial charge in [-0.2, -0.15) is 4.31 Å². The van der Waals surface area contributed by atoms with Crippen LogP contribution in [-0.4, -0.2) is 72.9 Å². The number of amides is 1. The molecule has 1 unspecified atom stereocenters. The highest BCUT2D eigenvalue weighted by Crippen LogP contribution is 2.25. The molecule has 2 fully saturated rings. The molecule has 2 saturated heterocycles. The maximum atomic E-state index is 13.0. The Morgan fingerprint density at radius 2 is 1.66 bits per heavy atom. The fourth-order valence-corrected chi connectivity index (χ4v) is 5.63. The van der Waals surface area contributed by atoms with Gasteiger partial charge in [-0.3, -0.25) is 4.79 Å². The molecule has 4 rings (SSSR count). The van der Waals surface area contributed by atoms with Crippen LogP contribution in [0.15, 0.2) is 41.6 Å². The van der Waals surface area contributed by atoms with Crippen LogP contribution >= 0.6 is 0 Å². The van der Waals surface area contributed by atoms with Crippen molar-refractivity contribution in [2.24, 2.45) is 0 Å². The van der Waals surface area contributed by atoms with Crippen molar-refractivity contribution in [1.82, 2.24) is 19.2 Å². The van der Waals surface area contributed by atoms with E-state index in [0.29, 0.717) is 43.5 Å². The zero-order valence-corrected chi connectivity index (χ0v) is 19.0. The lowest BCUT2D eigenvalue weighted by Crippen LogP contribution is -2.44. The zero-order valence-electron chi connectivity index (χ0n) is 18.1. The maximum Gasteiger partial charge on any atom is 0.278 e. The molecule has 0 bridgehead atoms. The summed E-state index contributed by atoms with van der Waals surface area (Å²) in [6, 6.07) is 6.24. The molecule has 0 radical (unpaired) electrons. The Morgan fingerprint density at radius 1 is 0.969 bits per heavy atom. The first kappa shape index (κ1) is 22.5. The second-order valence-corrected chi connectivity index (χ2v) is 9.93. The Balaban J connectivity index is 1.42. The molecule has 1 aromatic heterocycles. The van der Waals surface area contributed by atoms with Gasteiger partial charge in [0.15, 0.2) is 0 Å². The van der Waals surface area contributed by atoms with E-state index < -0.39 is 10.0 Å². The fraction of sp³-hybridized carbons (Fsp3) is 0.500. The number of benzene rings is 1. The van der Waals surface area contributed by atoms with Gasteiger partial charge in [-0.25, -0.2) is 18.4 Å². The van der Waals surface area contributed by atoms with Crippen LogP contribution in [0.4, 0.5) is 0 Å². The lowest BCUT2D eigenvalue weighted by atomic mass is 10.1. The molecule has 3 heterocycles. The van der Waals surface area contributed by atoms with E-state index in [0.717, 1.165) is 32.1 Å². The van der Waals surface area contributed by atoms with Crippen LogP contribution in [0.1, 0.15) is 42.5 Å². The number of hydrogen-bond acceptors (Lipinski definition) is 7. The van der Waals surface area contributed by atoms with Crippen LogP contribution in [0, 0.1) is 0 Å². The van der Waals surface area contributed by atoms with Gasteiger partial charge in [0.25, 0.3) is 17.7 Å². The summed E-state index contributed by atoms with van der Waals surface area (Å²) >= 11 is 0. The predicted molar refractivity (Wildman–Crippen MR) is 117 cm³/mol. The molecule has 10 heteroatoms. The van der Waals surface area contributed by atoms with Crippen molar-refractivity contribution in [1.29, 1.82) is 0 Å². The van der Waals surface area contributed by atoms with Crippen LogP contribution in [0.5, 0.6) is 11.8 Å². The Morgan fingerprint density at radius 3 is 2.34 bits per heavy atom. The van der Waals surface area contributed by atoms with Crippen molar-refractivity contribution in [3.05, 3.63) is 42.2 Å². The Bertz CT molecular complexity index is 1040. The summed E-state index contributed by atoms with van der Waals surface area (Å²) < 4.78 is 38.3. The molecular weight excluding hydrogens is 432 g/mol. The second-order valence-electron chi connectivity index (χ2n) is 7.99. The molecule has 9 nitrogen and oxygen atoms in total. The van der Waals surface area contributed by atoms with E-state index in [4.69, 9.17) is 9.47 Å². The number of methoxy groups -OCH3 is 1. The average molecular weight is 461 g/mol. The Hall–Kier alpha value is -2.72. The minimum Gasteiger partial charge on any atom is -0.477 e. The standard InChI is InChI=1S/C22H28N4O5S/c1-30-20-21(24-12-11-23-20)31-18-6-5-13-25(16-18)22(27)17-7-9-19(10-8-17)32(28,29)26-14-3-2-4-15-26/h7-12,18H,2-6,13-16H2,1H3. The molecule has 32 heavy (non-hydrogen) atoms. The second kappa shape index (κ2) is 9.83. The SMILES string of the molecule is COc1nccnc1OC1CCCN(C(=O)c2ccc(S(=O)(=O)N3CCCCC3)cc2)C1. The number of piperidine rings is 2. The molecule has 0 aliphatic carbocycles. The Kier molecular flexibility index (Phi) is 6.90. The van der Waals surface area contributed by atoms with Gasteiger partial charge in [-0.1, -0.05) is 6.42 Å². The molecule has 1 aromatic carbocycles. The largest absolute Gasteiger partial charge is 0.477 e. The number of sulfonamides is 1. The van der Waals surface area contributed by atoms with Crippen LogP contribution < -0.4 is 9.47 Å². The first-order valence-electron chi connectivity index (χ1n) is 10.9. The summed E-state index contributed by atoms with van der Waals surface area (Å²) in [5.74, 6) is 0.467. The number of aromatic nitrogens is 2. The van der Waals surface area contributed by atoms with E-state index in [2.05, 4.69) is 9.97 Å². The predicted octanol–water partition coefficient (Wildman–Crippen LogP) is 2.34. The van der Waals surface area contributed by atoms with E-state index in [1.807, 2.05) is 0 Å². The van der Waals surface area contributed by atoms with Gasteiger partial charge >= 0.3 is 0 Å². The summed E-state index contributed by atoms with van der Waals surface area (Å²) in [6.45, 7) is 2.13. The van der Waals surface area contributed by atoms with Crippen molar-refractivity contribution < 1.29 is 22.7 Å². The highest BCUT2D eigenvalue weighted by atomic mass is 32.2. The Labute approximate surface area is 188 Å². The number of rotatable bonds is 6. The zero-order chi connectivity index (χ0) is 22.6. The smallest absolute Gasteiger partial charge is 0.278 e. The van der Waals surface area contributed by atoms with E-state index in [1.54, 1.807) is 17.0 Å². The average Bonchev–Trinajstić information content (AvgIpc) is 2.85. The lowest BCUT2D eigenvalue weighted by molar-refractivity contribution is 0.0519. The molecule has 2 aliphatic rings. The minimum atomic E-state index is -3.52. The lowest BCUT2D eigenvalue weighted by Gasteiger charge is -2.32. The molecular formula is C22H28N4O5S. The summed E-state index contributed by atoms with van der Waals surface area (Å²) in [6.07, 6.45) is 7.24. The van der Waals surface area contributed by atoms with Gasteiger partial charge in [0, 0.05) is 37.6 Å². The molecule has 1 amide bonds. The van der Waals surface area contributed by atoms with Crippen LogP contribution in [0.2, 0.25) is 0 Å². The summed E-state index contributed by atoms with van der Waals surface area (Å²) in [5.41, 5.74) is 0.459. The van der Waals surface area contributed by atoms with Crippen molar-refractivity contribution in [3.8, 4) is 11.8 Å². The third kappa shape index (κ3) is 4.86. The monoisotopic (exact) mass is 460 g/mol. The topological polar surface area (TPSA) is 102 Å². The van der Waals surface area contributed by atoms with E-state index in [1.165, 1.54) is 35.9 Å². The third-order valence-corrected chi connectivity index (χ3v) is 7.74. The van der Waals surface area contributed by atoms with Crippen LogP contribution in [-0.2, 0) is 10.0 Å². The van der Waals surface area contributed by atoms with Gasteiger partial charge in [-0.15, -0.1) is 0 Å². The number of likely N-dealkylation sites (tertiary alicyclic amines) is 1. The number of carbonyl (C=O) groups excluding carboxylic acids is 1. The minimum absolute atomic E-state index is 0.147. The summed E-state index contributed by atoms with van der Waals surface area (Å²) in [5, 5.41) is 0. The van der Waals surface area contributed by atoms with E-state index >= 15 is 0 Å². The highest BCUT2D eigenvalue weighted by molar-refractivity contribution is 7.89. The van der Waals surface area contributed by atoms with Crippen molar-refractivity contribution in [2.75, 3.05) is 33.3 Å². The van der Waals surface area contributed by atoms with E-state index in [9.17, 15) is 13.2 Å². The normalized spacial score (nSPS) is 20.0. The quantitative estimate of drug-likeness (QED) is 0.652. The van der Waals surface area contributed by atoms with Gasteiger partial charge in [0.2, 0.25) is 10.0 Å².